The Morgan fingerprint density at radius 2 is 1.33 bits per heavy atom. The fraction of sp³-hybridized carbons (Fsp3) is 0.133. The number of amides is 2. The summed E-state index contributed by atoms with van der Waals surface area (Å²) < 4.78 is 11.6. The van der Waals surface area contributed by atoms with Gasteiger partial charge in [0.15, 0.2) is 11.5 Å². The lowest BCUT2D eigenvalue weighted by Gasteiger charge is -2.26. The molecule has 1 atom stereocenters. The first-order chi connectivity index (χ1) is 17.7. The summed E-state index contributed by atoms with van der Waals surface area (Å²) in [5.74, 6) is 0.575. The van der Waals surface area contributed by atoms with Gasteiger partial charge in [-0.2, -0.15) is 0 Å². The zero-order valence-electron chi connectivity index (χ0n) is 19.6. The molecule has 0 fully saturated rings. The summed E-state index contributed by atoms with van der Waals surface area (Å²) in [5.41, 5.74) is 2.93. The van der Waals surface area contributed by atoms with Crippen molar-refractivity contribution in [3.63, 3.8) is 0 Å². The van der Waals surface area contributed by atoms with Gasteiger partial charge in [0.05, 0.1) is 12.5 Å². The lowest BCUT2D eigenvalue weighted by molar-refractivity contribution is -0.116. The van der Waals surface area contributed by atoms with Crippen LogP contribution in [0.4, 0.5) is 5.69 Å². The van der Waals surface area contributed by atoms with Crippen molar-refractivity contribution in [2.45, 2.75) is 12.0 Å². The maximum Gasteiger partial charge on any atom is 0.251 e. The van der Waals surface area contributed by atoms with Crippen molar-refractivity contribution in [3.8, 4) is 11.5 Å². The molecule has 0 unspecified atom stereocenters. The van der Waals surface area contributed by atoms with Crippen molar-refractivity contribution in [1.29, 1.82) is 0 Å². The highest BCUT2D eigenvalue weighted by Crippen LogP contribution is 2.30. The molecule has 0 radical (unpaired) electrons. The lowest BCUT2D eigenvalue weighted by atomic mass is 9.90. The van der Waals surface area contributed by atoms with Crippen molar-refractivity contribution >= 4 is 17.5 Å². The molecule has 0 aromatic heterocycles. The van der Waals surface area contributed by atoms with Crippen LogP contribution in [0.25, 0.3) is 0 Å². The van der Waals surface area contributed by atoms with Crippen molar-refractivity contribution in [2.24, 2.45) is 0 Å². The fourth-order valence-corrected chi connectivity index (χ4v) is 4.18. The third-order valence-corrected chi connectivity index (χ3v) is 6.00. The zero-order valence-corrected chi connectivity index (χ0v) is 19.6. The van der Waals surface area contributed by atoms with E-state index in [2.05, 4.69) is 10.6 Å². The van der Waals surface area contributed by atoms with Gasteiger partial charge < -0.3 is 20.1 Å². The predicted molar refractivity (Wildman–Crippen MR) is 138 cm³/mol. The van der Waals surface area contributed by atoms with E-state index in [0.717, 1.165) is 11.1 Å². The molecule has 0 bridgehead atoms. The SMILES string of the molecule is O=C(NC[C@H]1COc2ccccc2O1)c1ccc(NC(=O)C(c2ccccc2)c2ccccc2)cc1. The second kappa shape index (κ2) is 10.8. The molecule has 0 saturated heterocycles. The number of benzene rings is 4. The van der Waals surface area contributed by atoms with Gasteiger partial charge in [-0.1, -0.05) is 72.8 Å². The molecule has 2 amide bonds. The molecule has 1 aliphatic rings. The predicted octanol–water partition coefficient (Wildman–Crippen LogP) is 5.03. The van der Waals surface area contributed by atoms with E-state index in [9.17, 15) is 9.59 Å². The van der Waals surface area contributed by atoms with E-state index >= 15 is 0 Å². The van der Waals surface area contributed by atoms with Crippen LogP contribution in [0.2, 0.25) is 0 Å². The number of rotatable bonds is 7. The van der Waals surface area contributed by atoms with E-state index in [4.69, 9.17) is 9.47 Å². The molecular weight excluding hydrogens is 452 g/mol. The van der Waals surface area contributed by atoms with Gasteiger partial charge in [-0.05, 0) is 47.5 Å². The van der Waals surface area contributed by atoms with Crippen molar-refractivity contribution in [1.82, 2.24) is 5.32 Å². The summed E-state index contributed by atoms with van der Waals surface area (Å²) in [6.07, 6.45) is -0.268. The average Bonchev–Trinajstić information content (AvgIpc) is 2.93. The van der Waals surface area contributed by atoms with E-state index in [0.29, 0.717) is 35.9 Å². The fourth-order valence-electron chi connectivity index (χ4n) is 4.18. The van der Waals surface area contributed by atoms with Gasteiger partial charge >= 0.3 is 0 Å². The highest BCUT2D eigenvalue weighted by Gasteiger charge is 2.23. The Morgan fingerprint density at radius 3 is 1.97 bits per heavy atom. The van der Waals surface area contributed by atoms with E-state index in [1.54, 1.807) is 24.3 Å². The summed E-state index contributed by atoms with van der Waals surface area (Å²) in [4.78, 5) is 25.9. The van der Waals surface area contributed by atoms with Gasteiger partial charge in [0.1, 0.15) is 12.7 Å². The highest BCUT2D eigenvalue weighted by atomic mass is 16.6. The Kier molecular flexibility index (Phi) is 6.94. The molecule has 4 aromatic carbocycles. The number of nitrogens with one attached hydrogen (secondary N) is 2. The van der Waals surface area contributed by atoms with Crippen LogP contribution >= 0.6 is 0 Å². The van der Waals surface area contributed by atoms with Crippen molar-refractivity contribution < 1.29 is 19.1 Å². The maximum atomic E-state index is 13.3. The first-order valence-corrected chi connectivity index (χ1v) is 11.8. The molecule has 36 heavy (non-hydrogen) atoms. The quantitative estimate of drug-likeness (QED) is 0.391. The Balaban J connectivity index is 1.20. The van der Waals surface area contributed by atoms with Gasteiger partial charge in [-0.15, -0.1) is 0 Å². The number of para-hydroxylation sites is 2. The molecule has 180 valence electrons. The number of hydrogen-bond acceptors (Lipinski definition) is 4. The third kappa shape index (κ3) is 5.39. The average molecular weight is 479 g/mol. The lowest BCUT2D eigenvalue weighted by Crippen LogP contribution is -2.40. The van der Waals surface area contributed by atoms with Crippen molar-refractivity contribution in [2.75, 3.05) is 18.5 Å². The van der Waals surface area contributed by atoms with Gasteiger partial charge in [-0.3, -0.25) is 9.59 Å². The summed E-state index contributed by atoms with van der Waals surface area (Å²) in [6.45, 7) is 0.688. The van der Waals surface area contributed by atoms with Crippen LogP contribution in [0.1, 0.15) is 27.4 Å². The smallest absolute Gasteiger partial charge is 0.251 e. The van der Waals surface area contributed by atoms with Gasteiger partial charge in [0.2, 0.25) is 5.91 Å². The van der Waals surface area contributed by atoms with E-state index in [-0.39, 0.29) is 17.9 Å². The van der Waals surface area contributed by atoms with Gasteiger partial charge in [0.25, 0.3) is 5.91 Å². The molecule has 5 rings (SSSR count). The normalized spacial score (nSPS) is 14.2. The minimum absolute atomic E-state index is 0.140. The van der Waals surface area contributed by atoms with Crippen LogP contribution in [0.15, 0.2) is 109 Å². The molecule has 6 nitrogen and oxygen atoms in total. The number of carbonyl (C=O) groups is 2. The standard InChI is InChI=1S/C30H26N2O4/c33-29(31-19-25-20-35-26-13-7-8-14-27(26)36-25)23-15-17-24(18-16-23)32-30(34)28(21-9-3-1-4-10-21)22-11-5-2-6-12-22/h1-18,25,28H,19-20H2,(H,31,33)(H,32,34)/t25-/m0/s1. The molecule has 1 heterocycles. The van der Waals surface area contributed by atoms with Crippen LogP contribution in [0.3, 0.4) is 0 Å². The minimum Gasteiger partial charge on any atom is -0.486 e. The van der Waals surface area contributed by atoms with Gasteiger partial charge in [0, 0.05) is 11.3 Å². The van der Waals surface area contributed by atoms with E-state index in [1.165, 1.54) is 0 Å². The largest absolute Gasteiger partial charge is 0.486 e. The number of ether oxygens (including phenoxy) is 2. The molecule has 0 spiro atoms. The summed E-state index contributed by atoms with van der Waals surface area (Å²) in [7, 11) is 0. The number of anilines is 1. The van der Waals surface area contributed by atoms with E-state index in [1.807, 2.05) is 84.9 Å². The van der Waals surface area contributed by atoms with Crippen LogP contribution in [0.5, 0.6) is 11.5 Å². The topological polar surface area (TPSA) is 76.7 Å². The Labute approximate surface area is 209 Å². The molecule has 4 aromatic rings. The highest BCUT2D eigenvalue weighted by molar-refractivity contribution is 5.99. The number of fused-ring (bicyclic) bond motifs is 1. The maximum absolute atomic E-state index is 13.3. The van der Waals surface area contributed by atoms with E-state index < -0.39 is 5.92 Å². The molecule has 2 N–H and O–H groups in total. The molecule has 1 aliphatic heterocycles. The van der Waals surface area contributed by atoms with Crippen molar-refractivity contribution in [3.05, 3.63) is 126 Å². The molecule has 0 aliphatic carbocycles. The molecule has 0 saturated carbocycles. The second-order valence-electron chi connectivity index (χ2n) is 8.53. The Morgan fingerprint density at radius 1 is 0.750 bits per heavy atom. The number of carbonyl (C=O) groups excluding carboxylic acids is 2. The third-order valence-electron chi connectivity index (χ3n) is 6.00. The number of hydrogen-bond donors (Lipinski definition) is 2. The van der Waals surface area contributed by atoms with Crippen LogP contribution in [0, 0.1) is 0 Å². The molecule has 6 heteroatoms. The Bertz CT molecular complexity index is 1280. The van der Waals surface area contributed by atoms with Crippen LogP contribution < -0.4 is 20.1 Å². The zero-order chi connectivity index (χ0) is 24.7. The summed E-state index contributed by atoms with van der Waals surface area (Å²) in [5, 5.41) is 5.88. The monoisotopic (exact) mass is 478 g/mol. The van der Waals surface area contributed by atoms with Crippen LogP contribution in [-0.2, 0) is 4.79 Å². The first-order valence-electron chi connectivity index (χ1n) is 11.8. The molecular formula is C30H26N2O4. The first kappa shape index (κ1) is 23.2. The second-order valence-corrected chi connectivity index (χ2v) is 8.53. The summed E-state index contributed by atoms with van der Waals surface area (Å²) >= 11 is 0. The Hall–Kier alpha value is -4.58. The van der Waals surface area contributed by atoms with Crippen LogP contribution in [-0.4, -0.2) is 31.1 Å². The summed E-state index contributed by atoms with van der Waals surface area (Å²) in [6, 6.07) is 33.7. The minimum atomic E-state index is -0.446. The van der Waals surface area contributed by atoms with Gasteiger partial charge in [-0.25, -0.2) is 0 Å².